The van der Waals surface area contributed by atoms with Crippen molar-refractivity contribution >= 4 is 0 Å². The molecular formula is C11H14N4. The van der Waals surface area contributed by atoms with Crippen molar-refractivity contribution in [2.24, 2.45) is 5.73 Å². The summed E-state index contributed by atoms with van der Waals surface area (Å²) in [6, 6.07) is 10.3. The lowest BCUT2D eigenvalue weighted by Crippen LogP contribution is -2.11. The van der Waals surface area contributed by atoms with Gasteiger partial charge in [-0.25, -0.2) is 0 Å². The van der Waals surface area contributed by atoms with Gasteiger partial charge in [-0.15, -0.1) is 0 Å². The van der Waals surface area contributed by atoms with E-state index in [1.807, 2.05) is 18.2 Å². The van der Waals surface area contributed by atoms with Gasteiger partial charge in [-0.1, -0.05) is 30.3 Å². The van der Waals surface area contributed by atoms with Gasteiger partial charge in [-0.2, -0.15) is 15.4 Å². The van der Waals surface area contributed by atoms with Crippen molar-refractivity contribution in [3.63, 3.8) is 0 Å². The highest BCUT2D eigenvalue weighted by Crippen LogP contribution is 2.13. The van der Waals surface area contributed by atoms with Crippen molar-refractivity contribution in [3.8, 4) is 0 Å². The van der Waals surface area contributed by atoms with Crippen LogP contribution in [-0.4, -0.2) is 15.4 Å². The first-order chi connectivity index (χ1) is 7.36. The number of aryl methyl sites for hydroxylation is 1. The van der Waals surface area contributed by atoms with E-state index >= 15 is 0 Å². The van der Waals surface area contributed by atoms with Crippen molar-refractivity contribution in [3.05, 3.63) is 47.8 Å². The molecule has 0 saturated heterocycles. The van der Waals surface area contributed by atoms with Gasteiger partial charge in [0.2, 0.25) is 0 Å². The second-order valence-electron chi connectivity index (χ2n) is 3.53. The molecule has 0 aliphatic carbocycles. The maximum atomic E-state index is 5.96. The zero-order chi connectivity index (χ0) is 10.5. The van der Waals surface area contributed by atoms with E-state index in [-0.39, 0.29) is 6.04 Å². The summed E-state index contributed by atoms with van der Waals surface area (Å²) < 4.78 is 0. The van der Waals surface area contributed by atoms with Crippen molar-refractivity contribution in [1.29, 1.82) is 0 Å². The van der Waals surface area contributed by atoms with Crippen LogP contribution in [0, 0.1) is 0 Å². The molecule has 0 amide bonds. The molecular weight excluding hydrogens is 188 g/mol. The maximum Gasteiger partial charge on any atom is 0.0991 e. The van der Waals surface area contributed by atoms with Crippen LogP contribution in [0.2, 0.25) is 0 Å². The van der Waals surface area contributed by atoms with E-state index in [0.717, 1.165) is 18.5 Å². The molecule has 4 nitrogen and oxygen atoms in total. The molecule has 3 N–H and O–H groups in total. The SMILES string of the molecule is NC(CCc1ccccc1)c1cn[nH]n1. The normalized spacial score (nSPS) is 12.6. The monoisotopic (exact) mass is 202 g/mol. The molecule has 1 unspecified atom stereocenters. The van der Waals surface area contributed by atoms with Crippen molar-refractivity contribution in [2.45, 2.75) is 18.9 Å². The number of nitrogens with two attached hydrogens (primary N) is 1. The first kappa shape index (κ1) is 9.86. The van der Waals surface area contributed by atoms with Crippen LogP contribution in [0.4, 0.5) is 0 Å². The maximum absolute atomic E-state index is 5.96. The second-order valence-corrected chi connectivity index (χ2v) is 3.53. The highest BCUT2D eigenvalue weighted by Gasteiger charge is 2.08. The van der Waals surface area contributed by atoms with Crippen LogP contribution < -0.4 is 5.73 Å². The molecule has 0 fully saturated rings. The Labute approximate surface area is 88.5 Å². The topological polar surface area (TPSA) is 67.6 Å². The average Bonchev–Trinajstić information content (AvgIpc) is 2.81. The Kier molecular flexibility index (Phi) is 3.09. The summed E-state index contributed by atoms with van der Waals surface area (Å²) in [5.41, 5.74) is 8.09. The molecule has 0 aliphatic rings. The summed E-state index contributed by atoms with van der Waals surface area (Å²) in [4.78, 5) is 0. The van der Waals surface area contributed by atoms with Gasteiger partial charge >= 0.3 is 0 Å². The third-order valence-electron chi connectivity index (χ3n) is 2.40. The van der Waals surface area contributed by atoms with Crippen LogP contribution in [0.15, 0.2) is 36.5 Å². The van der Waals surface area contributed by atoms with Crippen LogP contribution in [0.1, 0.15) is 23.7 Å². The van der Waals surface area contributed by atoms with E-state index in [2.05, 4.69) is 27.5 Å². The van der Waals surface area contributed by atoms with E-state index in [4.69, 9.17) is 5.73 Å². The first-order valence-corrected chi connectivity index (χ1v) is 5.01. The van der Waals surface area contributed by atoms with Crippen molar-refractivity contribution < 1.29 is 0 Å². The summed E-state index contributed by atoms with van der Waals surface area (Å²) in [6.45, 7) is 0. The third-order valence-corrected chi connectivity index (χ3v) is 2.40. The number of H-pyrrole nitrogens is 1. The molecule has 0 bridgehead atoms. The Bertz CT molecular complexity index is 382. The minimum Gasteiger partial charge on any atom is -0.323 e. The largest absolute Gasteiger partial charge is 0.323 e. The lowest BCUT2D eigenvalue weighted by atomic mass is 10.0. The van der Waals surface area contributed by atoms with Gasteiger partial charge in [-0.3, -0.25) is 0 Å². The van der Waals surface area contributed by atoms with Gasteiger partial charge in [0, 0.05) is 0 Å². The van der Waals surface area contributed by atoms with Crippen LogP contribution >= 0.6 is 0 Å². The van der Waals surface area contributed by atoms with Crippen LogP contribution in [-0.2, 0) is 6.42 Å². The van der Waals surface area contributed by atoms with Crippen molar-refractivity contribution in [2.75, 3.05) is 0 Å². The van der Waals surface area contributed by atoms with E-state index in [1.54, 1.807) is 6.20 Å². The number of nitrogens with one attached hydrogen (secondary N) is 1. The summed E-state index contributed by atoms with van der Waals surface area (Å²) in [5.74, 6) is 0. The van der Waals surface area contributed by atoms with Gasteiger partial charge < -0.3 is 5.73 Å². The molecule has 2 rings (SSSR count). The standard InChI is InChI=1S/C11H14N4/c12-10(11-8-13-15-14-11)7-6-9-4-2-1-3-5-9/h1-5,8,10H,6-7,12H2,(H,13,14,15). The van der Waals surface area contributed by atoms with E-state index in [0.29, 0.717) is 0 Å². The Morgan fingerprint density at radius 3 is 2.73 bits per heavy atom. The lowest BCUT2D eigenvalue weighted by molar-refractivity contribution is 0.631. The van der Waals surface area contributed by atoms with E-state index < -0.39 is 0 Å². The molecule has 0 spiro atoms. The first-order valence-electron chi connectivity index (χ1n) is 5.01. The van der Waals surface area contributed by atoms with Crippen molar-refractivity contribution in [1.82, 2.24) is 15.4 Å². The number of nitrogens with zero attached hydrogens (tertiary/aromatic N) is 2. The highest BCUT2D eigenvalue weighted by atomic mass is 15.3. The molecule has 1 atom stereocenters. The number of benzene rings is 1. The van der Waals surface area contributed by atoms with Gasteiger partial charge in [0.15, 0.2) is 0 Å². The third kappa shape index (κ3) is 2.63. The fraction of sp³-hybridized carbons (Fsp3) is 0.273. The zero-order valence-electron chi connectivity index (χ0n) is 8.43. The number of aromatic amines is 1. The summed E-state index contributed by atoms with van der Waals surface area (Å²) in [6.07, 6.45) is 3.53. The molecule has 78 valence electrons. The summed E-state index contributed by atoms with van der Waals surface area (Å²) in [7, 11) is 0. The molecule has 15 heavy (non-hydrogen) atoms. The summed E-state index contributed by atoms with van der Waals surface area (Å²) >= 11 is 0. The Balaban J connectivity index is 1.89. The number of aromatic nitrogens is 3. The minimum absolute atomic E-state index is 0.0380. The predicted octanol–water partition coefficient (Wildman–Crippen LogP) is 1.44. The Hall–Kier alpha value is -1.68. The number of hydrogen-bond donors (Lipinski definition) is 2. The molecule has 0 aliphatic heterocycles. The summed E-state index contributed by atoms with van der Waals surface area (Å²) in [5, 5.41) is 10.3. The average molecular weight is 202 g/mol. The van der Waals surface area contributed by atoms with Crippen LogP contribution in [0.25, 0.3) is 0 Å². The number of rotatable bonds is 4. The van der Waals surface area contributed by atoms with Gasteiger partial charge in [0.1, 0.15) is 0 Å². The zero-order valence-corrected chi connectivity index (χ0v) is 8.43. The van der Waals surface area contributed by atoms with Gasteiger partial charge in [-0.05, 0) is 18.4 Å². The van der Waals surface area contributed by atoms with Crippen LogP contribution in [0.5, 0.6) is 0 Å². The highest BCUT2D eigenvalue weighted by molar-refractivity contribution is 5.15. The number of hydrogen-bond acceptors (Lipinski definition) is 3. The molecule has 1 aromatic carbocycles. The molecule has 0 radical (unpaired) electrons. The minimum atomic E-state index is -0.0380. The molecule has 0 saturated carbocycles. The fourth-order valence-electron chi connectivity index (χ4n) is 1.50. The molecule has 4 heteroatoms. The fourth-order valence-corrected chi connectivity index (χ4v) is 1.50. The Morgan fingerprint density at radius 2 is 2.07 bits per heavy atom. The molecule has 1 heterocycles. The second kappa shape index (κ2) is 4.70. The van der Waals surface area contributed by atoms with E-state index in [9.17, 15) is 0 Å². The van der Waals surface area contributed by atoms with E-state index in [1.165, 1.54) is 5.56 Å². The van der Waals surface area contributed by atoms with Crippen LogP contribution in [0.3, 0.4) is 0 Å². The molecule has 2 aromatic rings. The Morgan fingerprint density at radius 1 is 1.27 bits per heavy atom. The predicted molar refractivity (Wildman–Crippen MR) is 58.1 cm³/mol. The lowest BCUT2D eigenvalue weighted by Gasteiger charge is -2.07. The molecule has 1 aromatic heterocycles. The van der Waals surface area contributed by atoms with Gasteiger partial charge in [0.05, 0.1) is 17.9 Å². The van der Waals surface area contributed by atoms with Gasteiger partial charge in [0.25, 0.3) is 0 Å². The quantitative estimate of drug-likeness (QED) is 0.788. The smallest absolute Gasteiger partial charge is 0.0991 e.